The molecule has 14 nitrogen and oxygen atoms in total. The van der Waals surface area contributed by atoms with Crippen LogP contribution in [0.4, 0.5) is 14.4 Å². The van der Waals surface area contributed by atoms with Gasteiger partial charge in [0.25, 0.3) is 0 Å². The van der Waals surface area contributed by atoms with Crippen molar-refractivity contribution < 1.29 is 47.8 Å². The maximum absolute atomic E-state index is 12.5. The molecule has 0 atom stereocenters. The average molecular weight is 711 g/mol. The van der Waals surface area contributed by atoms with E-state index in [-0.39, 0.29) is 42.5 Å². The van der Waals surface area contributed by atoms with Crippen LogP contribution >= 0.6 is 0 Å². The van der Waals surface area contributed by atoms with Crippen LogP contribution in [0.5, 0.6) is 0 Å². The van der Waals surface area contributed by atoms with Crippen molar-refractivity contribution in [2.45, 2.75) is 96.4 Å². The molecule has 2 saturated heterocycles. The molecule has 2 aromatic carbocycles. The fourth-order valence-electron chi connectivity index (χ4n) is 5.75. The molecule has 0 radical (unpaired) electrons. The van der Waals surface area contributed by atoms with Crippen molar-refractivity contribution in [3.8, 4) is 11.1 Å². The van der Waals surface area contributed by atoms with Gasteiger partial charge in [0.2, 0.25) is 0 Å². The minimum absolute atomic E-state index is 0.00524. The second-order valence-electron chi connectivity index (χ2n) is 14.2. The highest BCUT2D eigenvalue weighted by atomic mass is 16.6. The number of carbonyl (C=O) groups is 3. The average Bonchev–Trinajstić information content (AvgIpc) is 3.37. The van der Waals surface area contributed by atoms with Gasteiger partial charge < -0.3 is 35.1 Å². The van der Waals surface area contributed by atoms with E-state index < -0.39 is 17.3 Å². The summed E-state index contributed by atoms with van der Waals surface area (Å²) in [6, 6.07) is 16.8. The number of hydrogen-bond acceptors (Lipinski definition) is 11. The molecule has 2 fully saturated rings. The number of rotatable bonds is 3. The van der Waals surface area contributed by atoms with Gasteiger partial charge in [0, 0.05) is 44.2 Å². The number of nitrogens with two attached hydrogens (primary N) is 1. The van der Waals surface area contributed by atoms with Gasteiger partial charge in [-0.15, -0.1) is 0 Å². The Hall–Kier alpha value is -5.03. The summed E-state index contributed by atoms with van der Waals surface area (Å²) in [5.74, 6) is 0.0483. The minimum Gasteiger partial charge on any atom is -0.449 e. The fourth-order valence-corrected chi connectivity index (χ4v) is 5.75. The normalized spacial score (nSPS) is 15.7. The number of benzene rings is 2. The van der Waals surface area contributed by atoms with Crippen LogP contribution in [0.3, 0.4) is 0 Å². The number of nitrogens with zero attached hydrogens (tertiary/aromatic N) is 2. The number of piperidine rings is 2. The van der Waals surface area contributed by atoms with E-state index in [1.807, 2.05) is 65.8 Å². The summed E-state index contributed by atoms with van der Waals surface area (Å²) in [6.07, 6.45) is 2.69. The summed E-state index contributed by atoms with van der Waals surface area (Å²) in [6.45, 7) is 14.1. The number of ether oxygens (including phenoxy) is 3. The molecule has 0 aromatic heterocycles. The van der Waals surface area contributed by atoms with Gasteiger partial charge in [0.05, 0.1) is 0 Å². The topological polar surface area (TPSA) is 192 Å². The van der Waals surface area contributed by atoms with E-state index >= 15 is 0 Å². The molecule has 3 amide bonds. The largest absolute Gasteiger partial charge is 0.449 e. The van der Waals surface area contributed by atoms with Crippen molar-refractivity contribution in [3.05, 3.63) is 59.7 Å². The molecule has 0 spiro atoms. The number of fused-ring (bicyclic) bond motifs is 3. The monoisotopic (exact) mass is 710 g/mol. The van der Waals surface area contributed by atoms with Crippen LogP contribution in [0.2, 0.25) is 0 Å². The molecular weight excluding hydrogens is 660 g/mol. The van der Waals surface area contributed by atoms with Gasteiger partial charge in [0.15, 0.2) is 0 Å². The molecule has 5 rings (SSSR count). The van der Waals surface area contributed by atoms with Crippen LogP contribution in [0.1, 0.15) is 84.3 Å². The van der Waals surface area contributed by atoms with Crippen LogP contribution in [0.15, 0.2) is 48.5 Å². The van der Waals surface area contributed by atoms with Crippen molar-refractivity contribution in [2.24, 2.45) is 5.73 Å². The Balaban J connectivity index is 0.000000375. The van der Waals surface area contributed by atoms with E-state index in [0.717, 1.165) is 25.9 Å². The van der Waals surface area contributed by atoms with E-state index in [1.54, 1.807) is 9.80 Å². The molecule has 278 valence electrons. The first kappa shape index (κ1) is 42.1. The third-order valence-corrected chi connectivity index (χ3v) is 8.00. The van der Waals surface area contributed by atoms with E-state index in [9.17, 15) is 14.4 Å². The molecule has 2 aromatic rings. The first-order valence-corrected chi connectivity index (χ1v) is 16.8. The lowest BCUT2D eigenvalue weighted by molar-refractivity contribution is -0.193. The number of carbonyl (C=O) groups excluding carboxylic acids is 7. The predicted octanol–water partition coefficient (Wildman–Crippen LogP) is 5.10. The Morgan fingerprint density at radius 1 is 0.706 bits per heavy atom. The number of hydrogen-bond donors (Lipinski definition) is 2. The third-order valence-electron chi connectivity index (χ3n) is 8.00. The number of likely N-dealkylation sites (tertiary alicyclic amines) is 2. The Bertz CT molecular complexity index is 1450. The number of amides is 3. The maximum atomic E-state index is 12.5. The lowest BCUT2D eigenvalue weighted by atomic mass is 9.98. The van der Waals surface area contributed by atoms with Gasteiger partial charge in [0.1, 0.15) is 17.8 Å². The summed E-state index contributed by atoms with van der Waals surface area (Å²) in [5.41, 5.74) is 9.65. The molecule has 3 N–H and O–H groups in total. The molecule has 2 heterocycles. The van der Waals surface area contributed by atoms with Gasteiger partial charge in [-0.2, -0.15) is 19.2 Å². The molecule has 2 aliphatic heterocycles. The summed E-state index contributed by atoms with van der Waals surface area (Å²) in [5, 5.41) is 2.96. The van der Waals surface area contributed by atoms with E-state index in [0.29, 0.717) is 32.5 Å². The van der Waals surface area contributed by atoms with E-state index in [2.05, 4.69) is 29.6 Å². The smallest absolute Gasteiger partial charge is 0.410 e. The number of alkyl carbamates (subject to hydrolysis) is 1. The lowest BCUT2D eigenvalue weighted by Crippen LogP contribution is -2.48. The van der Waals surface area contributed by atoms with Gasteiger partial charge in [-0.25, -0.2) is 14.4 Å². The highest BCUT2D eigenvalue weighted by molar-refractivity contribution is 5.79. The van der Waals surface area contributed by atoms with E-state index in [1.165, 1.54) is 22.3 Å². The second kappa shape index (κ2) is 20.0. The van der Waals surface area contributed by atoms with Crippen molar-refractivity contribution in [1.82, 2.24) is 15.1 Å². The molecule has 3 aliphatic rings. The number of nitrogens with one attached hydrogen (secondary N) is 1. The quantitative estimate of drug-likeness (QED) is 0.403. The molecule has 51 heavy (non-hydrogen) atoms. The zero-order valence-electron chi connectivity index (χ0n) is 30.3. The fraction of sp³-hybridized carbons (Fsp3) is 0.541. The standard InChI is InChI=1S/C25H30N2O4.C10H20N2O2.2CO2/c1-25(2,3)31-24(29)27-14-12-17(13-15-27)26-23(28)30-16-22-20-10-6-4-8-18(20)19-9-5-7-11-21(19)22;1-10(2,3)14-9(13)12-6-4-8(11)5-7-12;2*2-1-3/h4-11,17,22H,12-16H2,1-3H3,(H,26,28);8H,4-7,11H2,1-3H3;;. The van der Waals surface area contributed by atoms with Crippen LogP contribution in [0, 0.1) is 0 Å². The molecule has 0 saturated carbocycles. The summed E-state index contributed by atoms with van der Waals surface area (Å²) >= 11 is 0. The van der Waals surface area contributed by atoms with Gasteiger partial charge >= 0.3 is 30.6 Å². The minimum atomic E-state index is -0.506. The van der Waals surface area contributed by atoms with Crippen molar-refractivity contribution >= 4 is 30.6 Å². The molecule has 14 heteroatoms. The molecular formula is C37H50N4O10. The summed E-state index contributed by atoms with van der Waals surface area (Å²) < 4.78 is 16.3. The van der Waals surface area contributed by atoms with Crippen molar-refractivity contribution in [1.29, 1.82) is 0 Å². The Labute approximate surface area is 298 Å². The van der Waals surface area contributed by atoms with Crippen molar-refractivity contribution in [2.75, 3.05) is 32.8 Å². The molecule has 0 bridgehead atoms. The van der Waals surface area contributed by atoms with Crippen LogP contribution in [-0.4, -0.2) is 96.5 Å². The Kier molecular flexibility index (Phi) is 16.5. The van der Waals surface area contributed by atoms with Crippen LogP contribution in [-0.2, 0) is 33.4 Å². The van der Waals surface area contributed by atoms with Gasteiger partial charge in [-0.3, -0.25) is 0 Å². The Morgan fingerprint density at radius 2 is 1.08 bits per heavy atom. The van der Waals surface area contributed by atoms with Crippen molar-refractivity contribution in [3.63, 3.8) is 0 Å². The predicted molar refractivity (Wildman–Crippen MR) is 184 cm³/mol. The summed E-state index contributed by atoms with van der Waals surface area (Å²) in [4.78, 5) is 72.2. The highest BCUT2D eigenvalue weighted by Gasteiger charge is 2.31. The highest BCUT2D eigenvalue weighted by Crippen LogP contribution is 2.44. The van der Waals surface area contributed by atoms with Crippen LogP contribution in [0.25, 0.3) is 11.1 Å². The second-order valence-corrected chi connectivity index (χ2v) is 14.2. The first-order chi connectivity index (χ1) is 24.0. The SMILES string of the molecule is CC(C)(C)OC(=O)N1CCC(N)CC1.CC(C)(C)OC(=O)N1CCC(NC(=O)OCC2c3ccccc3-c3ccccc32)CC1.O=C=O.O=C=O. The van der Waals surface area contributed by atoms with Crippen LogP contribution < -0.4 is 11.1 Å². The third kappa shape index (κ3) is 14.4. The van der Waals surface area contributed by atoms with Gasteiger partial charge in [-0.1, -0.05) is 48.5 Å². The zero-order chi connectivity index (χ0) is 38.2. The molecule has 0 unspecified atom stereocenters. The molecule has 1 aliphatic carbocycles. The van der Waals surface area contributed by atoms with E-state index in [4.69, 9.17) is 39.1 Å². The lowest BCUT2D eigenvalue weighted by Gasteiger charge is -2.33. The summed E-state index contributed by atoms with van der Waals surface area (Å²) in [7, 11) is 0. The Morgan fingerprint density at radius 3 is 1.47 bits per heavy atom. The zero-order valence-corrected chi connectivity index (χ0v) is 30.3. The first-order valence-electron chi connectivity index (χ1n) is 16.8. The maximum Gasteiger partial charge on any atom is 0.410 e. The van der Waals surface area contributed by atoms with Gasteiger partial charge in [-0.05, 0) is 89.5 Å².